The molecule has 2 atom stereocenters. The van der Waals surface area contributed by atoms with E-state index in [9.17, 15) is 4.79 Å². The van der Waals surface area contributed by atoms with Crippen molar-refractivity contribution in [1.82, 2.24) is 10.1 Å². The number of nitrogens with zero attached hydrogens (tertiary/aromatic N) is 3. The summed E-state index contributed by atoms with van der Waals surface area (Å²) >= 11 is 0. The average Bonchev–Trinajstić information content (AvgIpc) is 3.42. The largest absolute Gasteiger partial charge is 0.489 e. The maximum absolute atomic E-state index is 12.4. The fourth-order valence-corrected chi connectivity index (χ4v) is 4.25. The summed E-state index contributed by atoms with van der Waals surface area (Å²) in [6, 6.07) is 13.9. The van der Waals surface area contributed by atoms with Crippen LogP contribution in [0.2, 0.25) is 0 Å². The molecule has 1 fully saturated rings. The van der Waals surface area contributed by atoms with Gasteiger partial charge in [-0.15, -0.1) is 0 Å². The number of anilines is 1. The van der Waals surface area contributed by atoms with Crippen LogP contribution in [0.3, 0.4) is 0 Å². The van der Waals surface area contributed by atoms with Gasteiger partial charge < -0.3 is 18.9 Å². The Morgan fingerprint density at radius 1 is 1.18 bits per heavy atom. The monoisotopic (exact) mass is 463 g/mol. The number of aryl methyl sites for hydroxylation is 1. The van der Waals surface area contributed by atoms with Crippen molar-refractivity contribution < 1.29 is 18.8 Å². The number of hydrogen-bond donors (Lipinski definition) is 0. The SMILES string of the molecule is Cc1cc(CC(=O)C[C@@H](C)c2ccc(OC3CCN(c4ccnc(OC(C)C)c4)C3)cc2)on1. The van der Waals surface area contributed by atoms with Crippen LogP contribution in [0.1, 0.15) is 56.5 Å². The molecule has 0 radical (unpaired) electrons. The van der Waals surface area contributed by atoms with Crippen LogP contribution in [0.25, 0.3) is 0 Å². The zero-order valence-corrected chi connectivity index (χ0v) is 20.4. The molecule has 3 heterocycles. The van der Waals surface area contributed by atoms with Crippen molar-refractivity contribution >= 4 is 11.5 Å². The lowest BCUT2D eigenvalue weighted by atomic mass is 9.94. The molecule has 4 rings (SSSR count). The molecule has 1 unspecified atom stereocenters. The van der Waals surface area contributed by atoms with E-state index in [0.717, 1.165) is 42.2 Å². The maximum atomic E-state index is 12.4. The van der Waals surface area contributed by atoms with Crippen molar-refractivity contribution in [2.75, 3.05) is 18.0 Å². The second-order valence-electron chi connectivity index (χ2n) is 9.32. The molecule has 34 heavy (non-hydrogen) atoms. The van der Waals surface area contributed by atoms with Gasteiger partial charge in [-0.3, -0.25) is 4.79 Å². The van der Waals surface area contributed by atoms with Gasteiger partial charge in [0, 0.05) is 43.4 Å². The Morgan fingerprint density at radius 3 is 2.68 bits per heavy atom. The van der Waals surface area contributed by atoms with Crippen molar-refractivity contribution in [2.24, 2.45) is 0 Å². The quantitative estimate of drug-likeness (QED) is 0.412. The molecule has 0 aliphatic carbocycles. The summed E-state index contributed by atoms with van der Waals surface area (Å²) in [7, 11) is 0. The first-order chi connectivity index (χ1) is 16.4. The second-order valence-corrected chi connectivity index (χ2v) is 9.32. The van der Waals surface area contributed by atoms with E-state index in [4.69, 9.17) is 14.0 Å². The van der Waals surface area contributed by atoms with E-state index in [1.807, 2.05) is 51.1 Å². The maximum Gasteiger partial charge on any atom is 0.215 e. The summed E-state index contributed by atoms with van der Waals surface area (Å²) in [6.07, 6.45) is 3.71. The minimum Gasteiger partial charge on any atom is -0.489 e. The topological polar surface area (TPSA) is 77.7 Å². The van der Waals surface area contributed by atoms with Crippen molar-refractivity contribution in [3.8, 4) is 11.6 Å². The number of carbonyl (C=O) groups excluding carboxylic acids is 1. The average molecular weight is 464 g/mol. The molecule has 0 bridgehead atoms. The summed E-state index contributed by atoms with van der Waals surface area (Å²) < 4.78 is 17.1. The Balaban J connectivity index is 1.28. The first kappa shape index (κ1) is 23.8. The minimum atomic E-state index is 0.0961. The normalized spacial score (nSPS) is 16.6. The molecule has 0 spiro atoms. The third-order valence-electron chi connectivity index (χ3n) is 5.92. The van der Waals surface area contributed by atoms with Gasteiger partial charge in [0.25, 0.3) is 0 Å². The van der Waals surface area contributed by atoms with Crippen LogP contribution >= 0.6 is 0 Å². The van der Waals surface area contributed by atoms with Crippen molar-refractivity contribution in [3.05, 3.63) is 65.7 Å². The molecule has 0 amide bonds. The van der Waals surface area contributed by atoms with Gasteiger partial charge in [-0.05, 0) is 50.5 Å². The summed E-state index contributed by atoms with van der Waals surface area (Å²) in [5, 5.41) is 3.84. The highest BCUT2D eigenvalue weighted by Gasteiger charge is 2.25. The van der Waals surface area contributed by atoms with Gasteiger partial charge in [-0.25, -0.2) is 4.98 Å². The highest BCUT2D eigenvalue weighted by molar-refractivity contribution is 5.81. The number of ketones is 1. The van der Waals surface area contributed by atoms with Crippen LogP contribution in [-0.2, 0) is 11.2 Å². The zero-order chi connectivity index (χ0) is 24.1. The van der Waals surface area contributed by atoms with Gasteiger partial charge in [-0.2, -0.15) is 0 Å². The molecular formula is C27H33N3O4. The molecule has 7 nitrogen and oxygen atoms in total. The zero-order valence-electron chi connectivity index (χ0n) is 20.4. The van der Waals surface area contributed by atoms with Gasteiger partial charge in [0.05, 0.1) is 24.8 Å². The summed E-state index contributed by atoms with van der Waals surface area (Å²) in [5.74, 6) is 2.40. The summed E-state index contributed by atoms with van der Waals surface area (Å²) in [5.41, 5.74) is 3.02. The number of hydrogen-bond acceptors (Lipinski definition) is 7. The molecule has 180 valence electrons. The van der Waals surface area contributed by atoms with E-state index in [1.165, 1.54) is 0 Å². The van der Waals surface area contributed by atoms with Gasteiger partial charge in [0.2, 0.25) is 5.88 Å². The Hall–Kier alpha value is -3.35. The fourth-order valence-electron chi connectivity index (χ4n) is 4.25. The standard InChI is InChI=1S/C27H33N3O4/c1-18(2)32-27-15-22(9-11-28-27)30-12-10-25(17-30)33-24-7-5-21(6-8-24)19(3)13-23(31)16-26-14-20(4)29-34-26/h5-9,11,14-15,18-19,25H,10,12-13,16-17H2,1-4H3/t19-,25?/m1/s1. The predicted octanol–water partition coefficient (Wildman–Crippen LogP) is 5.13. The Bertz CT molecular complexity index is 1090. The molecule has 7 heteroatoms. The molecule has 2 aromatic heterocycles. The van der Waals surface area contributed by atoms with Crippen LogP contribution in [-0.4, -0.2) is 41.2 Å². The van der Waals surface area contributed by atoms with Crippen LogP contribution in [0.4, 0.5) is 5.69 Å². The van der Waals surface area contributed by atoms with Crippen LogP contribution in [0.5, 0.6) is 11.6 Å². The highest BCUT2D eigenvalue weighted by atomic mass is 16.5. The molecule has 0 saturated carbocycles. The lowest BCUT2D eigenvalue weighted by Gasteiger charge is -2.20. The second kappa shape index (κ2) is 10.7. The van der Waals surface area contributed by atoms with E-state index in [-0.39, 0.29) is 30.3 Å². The first-order valence-corrected chi connectivity index (χ1v) is 11.9. The van der Waals surface area contributed by atoms with E-state index in [2.05, 4.69) is 34.1 Å². The molecule has 0 N–H and O–H groups in total. The van der Waals surface area contributed by atoms with E-state index in [1.54, 1.807) is 6.20 Å². The Kier molecular flexibility index (Phi) is 7.50. The smallest absolute Gasteiger partial charge is 0.215 e. The highest BCUT2D eigenvalue weighted by Crippen LogP contribution is 2.27. The van der Waals surface area contributed by atoms with Crippen LogP contribution in [0, 0.1) is 6.92 Å². The molecule has 1 aliphatic rings. The Morgan fingerprint density at radius 2 is 1.97 bits per heavy atom. The number of rotatable bonds is 10. The van der Waals surface area contributed by atoms with Gasteiger partial charge in [-0.1, -0.05) is 24.2 Å². The van der Waals surface area contributed by atoms with Crippen molar-refractivity contribution in [2.45, 2.75) is 65.1 Å². The van der Waals surface area contributed by atoms with Crippen LogP contribution in [0.15, 0.2) is 53.2 Å². The van der Waals surface area contributed by atoms with Crippen LogP contribution < -0.4 is 14.4 Å². The number of ether oxygens (including phenoxy) is 2. The number of pyridine rings is 1. The van der Waals surface area contributed by atoms with Gasteiger partial charge in [0.15, 0.2) is 0 Å². The number of benzene rings is 1. The Labute approximate surface area is 201 Å². The molecule has 1 aliphatic heterocycles. The molecular weight excluding hydrogens is 430 g/mol. The number of carbonyl (C=O) groups is 1. The summed E-state index contributed by atoms with van der Waals surface area (Å²) in [4.78, 5) is 19.0. The molecule has 1 aromatic carbocycles. The van der Waals surface area contributed by atoms with E-state index < -0.39 is 0 Å². The third kappa shape index (κ3) is 6.37. The summed E-state index contributed by atoms with van der Waals surface area (Å²) in [6.45, 7) is 9.66. The minimum absolute atomic E-state index is 0.0961. The first-order valence-electron chi connectivity index (χ1n) is 11.9. The molecule has 1 saturated heterocycles. The number of Topliss-reactive ketones (excluding diaryl/α,β-unsaturated/α-hetero) is 1. The predicted molar refractivity (Wildman–Crippen MR) is 131 cm³/mol. The third-order valence-corrected chi connectivity index (χ3v) is 5.92. The lowest BCUT2D eigenvalue weighted by Crippen LogP contribution is -2.24. The van der Waals surface area contributed by atoms with Crippen molar-refractivity contribution in [1.29, 1.82) is 0 Å². The number of aromatic nitrogens is 2. The fraction of sp³-hybridized carbons (Fsp3) is 0.444. The van der Waals surface area contributed by atoms with Gasteiger partial charge in [0.1, 0.15) is 23.4 Å². The lowest BCUT2D eigenvalue weighted by molar-refractivity contribution is -0.119. The molecule has 3 aromatic rings. The van der Waals surface area contributed by atoms with E-state index >= 15 is 0 Å². The van der Waals surface area contributed by atoms with Gasteiger partial charge >= 0.3 is 0 Å². The van der Waals surface area contributed by atoms with Crippen molar-refractivity contribution in [3.63, 3.8) is 0 Å². The van der Waals surface area contributed by atoms with E-state index in [0.29, 0.717) is 18.1 Å².